The molecule has 1 amide bonds. The zero-order valence-electron chi connectivity index (χ0n) is 14.9. The second-order valence-electron chi connectivity index (χ2n) is 6.32. The third kappa shape index (κ3) is 4.04. The Kier molecular flexibility index (Phi) is 5.43. The number of aromatic nitrogens is 3. The third-order valence-electron chi connectivity index (χ3n) is 3.91. The van der Waals surface area contributed by atoms with Gasteiger partial charge in [-0.1, -0.05) is 29.8 Å². The first-order chi connectivity index (χ1) is 11.3. The Bertz CT molecular complexity index is 758. The van der Waals surface area contributed by atoms with Crippen LogP contribution in [0.3, 0.4) is 0 Å². The van der Waals surface area contributed by atoms with E-state index < -0.39 is 11.7 Å². The number of anilines is 1. The summed E-state index contributed by atoms with van der Waals surface area (Å²) in [5.74, 6) is 0.433. The Morgan fingerprint density at radius 3 is 2.46 bits per heavy atom. The standard InChI is InChI=1S/C17H25N5O2/c1-12-6-9-14(10-7-12)11-8-13(2)18-16(23)22-17(24)21(5)15(19-22)20(3)4/h6-7,9-10,13H,8,11H2,1-5H3,(H,18,23). The maximum absolute atomic E-state index is 12.3. The second kappa shape index (κ2) is 7.33. The average Bonchev–Trinajstić information content (AvgIpc) is 2.83. The minimum absolute atomic E-state index is 0.0597. The summed E-state index contributed by atoms with van der Waals surface area (Å²) in [6.07, 6.45) is 1.65. The summed E-state index contributed by atoms with van der Waals surface area (Å²) in [5.41, 5.74) is 2.00. The predicted molar refractivity (Wildman–Crippen MR) is 94.7 cm³/mol. The molecule has 0 aliphatic heterocycles. The van der Waals surface area contributed by atoms with E-state index >= 15 is 0 Å². The molecule has 7 nitrogen and oxygen atoms in total. The molecule has 0 saturated heterocycles. The highest BCUT2D eigenvalue weighted by Gasteiger charge is 2.18. The van der Waals surface area contributed by atoms with Gasteiger partial charge in [-0.05, 0) is 32.3 Å². The van der Waals surface area contributed by atoms with E-state index in [4.69, 9.17) is 0 Å². The first-order valence-electron chi connectivity index (χ1n) is 7.99. The van der Waals surface area contributed by atoms with Gasteiger partial charge >= 0.3 is 11.7 Å². The second-order valence-corrected chi connectivity index (χ2v) is 6.32. The molecule has 1 aromatic heterocycles. The van der Waals surface area contributed by atoms with Crippen molar-refractivity contribution in [3.63, 3.8) is 0 Å². The maximum Gasteiger partial charge on any atom is 0.355 e. The highest BCUT2D eigenvalue weighted by atomic mass is 16.2. The van der Waals surface area contributed by atoms with Crippen LogP contribution >= 0.6 is 0 Å². The van der Waals surface area contributed by atoms with Gasteiger partial charge in [0.1, 0.15) is 0 Å². The molecule has 2 aromatic rings. The lowest BCUT2D eigenvalue weighted by atomic mass is 10.1. The molecule has 1 aromatic carbocycles. The Hall–Kier alpha value is -2.57. The fraction of sp³-hybridized carbons (Fsp3) is 0.471. The molecule has 1 heterocycles. The van der Waals surface area contributed by atoms with Crippen molar-refractivity contribution in [3.05, 3.63) is 45.9 Å². The molecule has 0 fully saturated rings. The van der Waals surface area contributed by atoms with E-state index in [-0.39, 0.29) is 6.04 Å². The zero-order valence-corrected chi connectivity index (χ0v) is 14.9. The van der Waals surface area contributed by atoms with Gasteiger partial charge in [0, 0.05) is 27.2 Å². The number of nitrogens with one attached hydrogen (secondary N) is 1. The van der Waals surface area contributed by atoms with Gasteiger partial charge in [0.25, 0.3) is 0 Å². The topological polar surface area (TPSA) is 72.2 Å². The summed E-state index contributed by atoms with van der Waals surface area (Å²) in [6, 6.07) is 7.78. The number of carbonyl (C=O) groups is 1. The molecule has 1 atom stereocenters. The van der Waals surface area contributed by atoms with Crippen LogP contribution in [0, 0.1) is 6.92 Å². The van der Waals surface area contributed by atoms with Gasteiger partial charge in [-0.15, -0.1) is 9.78 Å². The Morgan fingerprint density at radius 2 is 1.92 bits per heavy atom. The molecule has 2 rings (SSSR count). The van der Waals surface area contributed by atoms with Gasteiger partial charge in [0.2, 0.25) is 5.95 Å². The summed E-state index contributed by atoms with van der Waals surface area (Å²) in [6.45, 7) is 3.98. The SMILES string of the molecule is Cc1ccc(CCC(C)NC(=O)n2nc(N(C)C)n(C)c2=O)cc1. The van der Waals surface area contributed by atoms with Crippen molar-refractivity contribution < 1.29 is 4.79 Å². The van der Waals surface area contributed by atoms with Gasteiger partial charge in [0.05, 0.1) is 0 Å². The van der Waals surface area contributed by atoms with Crippen molar-refractivity contribution in [2.45, 2.75) is 32.7 Å². The maximum atomic E-state index is 12.3. The largest absolute Gasteiger partial charge is 0.355 e. The summed E-state index contributed by atoms with van der Waals surface area (Å²) in [5, 5.41) is 6.90. The van der Waals surface area contributed by atoms with E-state index in [1.54, 1.807) is 26.0 Å². The number of aryl methyl sites for hydroxylation is 2. The van der Waals surface area contributed by atoms with Crippen LogP contribution in [0.15, 0.2) is 29.1 Å². The van der Waals surface area contributed by atoms with Crippen molar-refractivity contribution in [2.24, 2.45) is 7.05 Å². The first-order valence-corrected chi connectivity index (χ1v) is 7.99. The summed E-state index contributed by atoms with van der Waals surface area (Å²) < 4.78 is 2.22. The molecule has 0 radical (unpaired) electrons. The van der Waals surface area contributed by atoms with Crippen molar-refractivity contribution in [2.75, 3.05) is 19.0 Å². The molecule has 1 N–H and O–H groups in total. The van der Waals surface area contributed by atoms with Crippen molar-refractivity contribution in [3.8, 4) is 0 Å². The van der Waals surface area contributed by atoms with E-state index in [0.717, 1.165) is 17.5 Å². The minimum Gasteiger partial charge on any atom is -0.347 e. The van der Waals surface area contributed by atoms with Crippen LogP contribution < -0.4 is 15.9 Å². The lowest BCUT2D eigenvalue weighted by molar-refractivity contribution is 0.235. The lowest BCUT2D eigenvalue weighted by Gasteiger charge is -2.13. The minimum atomic E-state index is -0.500. The number of nitrogens with zero attached hydrogens (tertiary/aromatic N) is 4. The van der Waals surface area contributed by atoms with Gasteiger partial charge in [-0.2, -0.15) is 0 Å². The van der Waals surface area contributed by atoms with E-state index in [1.165, 1.54) is 15.7 Å². The van der Waals surface area contributed by atoms with Gasteiger partial charge in [-0.25, -0.2) is 9.59 Å². The smallest absolute Gasteiger partial charge is 0.347 e. The van der Waals surface area contributed by atoms with Gasteiger partial charge in [-0.3, -0.25) is 4.57 Å². The molecule has 0 aliphatic carbocycles. The molecule has 130 valence electrons. The van der Waals surface area contributed by atoms with Gasteiger partial charge < -0.3 is 10.2 Å². The Balaban J connectivity index is 1.97. The van der Waals surface area contributed by atoms with Crippen LogP contribution in [0.25, 0.3) is 0 Å². The molecule has 0 aliphatic rings. The number of rotatable bonds is 5. The first kappa shape index (κ1) is 17.8. The number of carbonyl (C=O) groups excluding carboxylic acids is 1. The average molecular weight is 331 g/mol. The summed E-state index contributed by atoms with van der Waals surface area (Å²) in [4.78, 5) is 26.1. The third-order valence-corrected chi connectivity index (χ3v) is 3.91. The zero-order chi connectivity index (χ0) is 17.9. The lowest BCUT2D eigenvalue weighted by Crippen LogP contribution is -2.41. The molecule has 1 unspecified atom stereocenters. The molecule has 7 heteroatoms. The Morgan fingerprint density at radius 1 is 1.29 bits per heavy atom. The molecule has 0 bridgehead atoms. The molecule has 24 heavy (non-hydrogen) atoms. The highest BCUT2D eigenvalue weighted by Crippen LogP contribution is 2.07. The van der Waals surface area contributed by atoms with Crippen LogP contribution in [-0.2, 0) is 13.5 Å². The van der Waals surface area contributed by atoms with E-state index in [9.17, 15) is 9.59 Å². The number of amides is 1. The van der Waals surface area contributed by atoms with Crippen LogP contribution in [0.2, 0.25) is 0 Å². The molecule has 0 saturated carbocycles. The van der Waals surface area contributed by atoms with E-state index in [0.29, 0.717) is 5.95 Å². The van der Waals surface area contributed by atoms with Crippen molar-refractivity contribution in [1.29, 1.82) is 0 Å². The van der Waals surface area contributed by atoms with Gasteiger partial charge in [0.15, 0.2) is 0 Å². The Labute approximate surface area is 141 Å². The number of benzene rings is 1. The quantitative estimate of drug-likeness (QED) is 0.902. The fourth-order valence-corrected chi connectivity index (χ4v) is 2.43. The normalized spacial score (nSPS) is 12.0. The van der Waals surface area contributed by atoms with E-state index in [1.807, 2.05) is 6.92 Å². The van der Waals surface area contributed by atoms with E-state index in [2.05, 4.69) is 41.6 Å². The van der Waals surface area contributed by atoms with Crippen molar-refractivity contribution in [1.82, 2.24) is 19.7 Å². The fourth-order valence-electron chi connectivity index (χ4n) is 2.43. The summed E-state index contributed by atoms with van der Waals surface area (Å²) in [7, 11) is 5.14. The van der Waals surface area contributed by atoms with Crippen LogP contribution in [0.5, 0.6) is 0 Å². The predicted octanol–water partition coefficient (Wildman–Crippen LogP) is 1.54. The molecular formula is C17H25N5O2. The molecular weight excluding hydrogens is 306 g/mol. The van der Waals surface area contributed by atoms with Crippen LogP contribution in [-0.4, -0.2) is 40.5 Å². The summed E-state index contributed by atoms with van der Waals surface area (Å²) >= 11 is 0. The number of hydrogen-bond donors (Lipinski definition) is 1. The van der Waals surface area contributed by atoms with Crippen LogP contribution in [0.4, 0.5) is 10.7 Å². The number of hydrogen-bond acceptors (Lipinski definition) is 4. The van der Waals surface area contributed by atoms with Crippen molar-refractivity contribution >= 4 is 12.0 Å². The van der Waals surface area contributed by atoms with Crippen LogP contribution in [0.1, 0.15) is 24.5 Å². The molecule has 0 spiro atoms. The monoisotopic (exact) mass is 331 g/mol. The highest BCUT2D eigenvalue weighted by molar-refractivity contribution is 5.76.